The summed E-state index contributed by atoms with van der Waals surface area (Å²) in [5.41, 5.74) is 6.50. The fourth-order valence-corrected chi connectivity index (χ4v) is 2.30. The molecule has 0 aliphatic heterocycles. The van der Waals surface area contributed by atoms with E-state index in [0.29, 0.717) is 18.0 Å². The molecule has 8 heteroatoms. The van der Waals surface area contributed by atoms with Crippen molar-refractivity contribution in [3.63, 3.8) is 0 Å². The molecule has 1 rings (SSSR count). The molecule has 0 heterocycles. The predicted molar refractivity (Wildman–Crippen MR) is 86.2 cm³/mol. The van der Waals surface area contributed by atoms with Crippen molar-refractivity contribution in [1.29, 1.82) is 0 Å². The van der Waals surface area contributed by atoms with Gasteiger partial charge >= 0.3 is 0 Å². The molecule has 0 aromatic heterocycles. The van der Waals surface area contributed by atoms with Gasteiger partial charge in [0.15, 0.2) is 11.5 Å². The van der Waals surface area contributed by atoms with Gasteiger partial charge in [-0.3, -0.25) is 4.79 Å². The van der Waals surface area contributed by atoms with E-state index in [9.17, 15) is 4.79 Å². The van der Waals surface area contributed by atoms with Gasteiger partial charge in [-0.05, 0) is 33.6 Å². The smallest absolute Gasteiger partial charge is 0.239 e. The summed E-state index contributed by atoms with van der Waals surface area (Å²) in [6.45, 7) is 0.524. The number of rotatable bonds is 7. The standard InChI is InChI=1S/C13H19BrN2O4.ClH/c1-18-7-10(15)13(17)16-6-8-4-9(14)12(20-3)11(5-8)19-2;/h4-5,10H,6-7,15H2,1-3H3,(H,16,17);1H. The van der Waals surface area contributed by atoms with E-state index in [4.69, 9.17) is 19.9 Å². The average molecular weight is 384 g/mol. The summed E-state index contributed by atoms with van der Waals surface area (Å²) < 4.78 is 16.0. The molecule has 120 valence electrons. The number of hydrogen-bond donors (Lipinski definition) is 2. The molecule has 1 amide bonds. The largest absolute Gasteiger partial charge is 0.493 e. The summed E-state index contributed by atoms with van der Waals surface area (Å²) in [7, 11) is 4.62. The van der Waals surface area contributed by atoms with E-state index in [2.05, 4.69) is 21.2 Å². The number of nitrogens with one attached hydrogen (secondary N) is 1. The van der Waals surface area contributed by atoms with Gasteiger partial charge in [-0.25, -0.2) is 0 Å². The van der Waals surface area contributed by atoms with Crippen LogP contribution in [0.4, 0.5) is 0 Å². The molecular weight excluding hydrogens is 364 g/mol. The second-order valence-corrected chi connectivity index (χ2v) is 4.95. The van der Waals surface area contributed by atoms with E-state index < -0.39 is 6.04 Å². The number of nitrogens with two attached hydrogens (primary N) is 1. The summed E-state index contributed by atoms with van der Waals surface area (Å²) in [6, 6.07) is 2.97. The molecule has 0 aliphatic carbocycles. The van der Waals surface area contributed by atoms with Crippen LogP contribution in [0.5, 0.6) is 11.5 Å². The minimum Gasteiger partial charge on any atom is -0.493 e. The first-order valence-electron chi connectivity index (χ1n) is 5.96. The maximum absolute atomic E-state index is 11.7. The quantitative estimate of drug-likeness (QED) is 0.745. The van der Waals surface area contributed by atoms with Crippen molar-refractivity contribution >= 4 is 34.2 Å². The van der Waals surface area contributed by atoms with Gasteiger partial charge in [0.05, 0.1) is 25.3 Å². The average Bonchev–Trinajstić information content (AvgIpc) is 2.44. The molecule has 6 nitrogen and oxygen atoms in total. The maximum Gasteiger partial charge on any atom is 0.239 e. The summed E-state index contributed by atoms with van der Waals surface area (Å²) >= 11 is 3.40. The molecule has 1 aromatic rings. The lowest BCUT2D eigenvalue weighted by Gasteiger charge is -2.14. The predicted octanol–water partition coefficient (Wildman–Crippen LogP) is 1.48. The second kappa shape index (κ2) is 9.83. The molecule has 0 aliphatic rings. The van der Waals surface area contributed by atoms with E-state index in [1.807, 2.05) is 6.07 Å². The Bertz CT molecular complexity index is 474. The van der Waals surface area contributed by atoms with E-state index in [-0.39, 0.29) is 24.9 Å². The van der Waals surface area contributed by atoms with Crippen molar-refractivity contribution in [3.8, 4) is 11.5 Å². The summed E-state index contributed by atoms with van der Waals surface area (Å²) in [6.07, 6.45) is 0. The SMILES string of the molecule is COCC(N)C(=O)NCc1cc(Br)c(OC)c(OC)c1.Cl. The number of carbonyl (C=O) groups is 1. The third kappa shape index (κ3) is 5.70. The number of carbonyl (C=O) groups excluding carboxylic acids is 1. The first kappa shape index (κ1) is 20.0. The van der Waals surface area contributed by atoms with Crippen molar-refractivity contribution in [1.82, 2.24) is 5.32 Å². The monoisotopic (exact) mass is 382 g/mol. The van der Waals surface area contributed by atoms with Crippen LogP contribution >= 0.6 is 28.3 Å². The highest BCUT2D eigenvalue weighted by Crippen LogP contribution is 2.36. The van der Waals surface area contributed by atoms with Crippen molar-refractivity contribution in [2.75, 3.05) is 27.9 Å². The van der Waals surface area contributed by atoms with Gasteiger partial charge in [-0.1, -0.05) is 0 Å². The van der Waals surface area contributed by atoms with Crippen LogP contribution in [0, 0.1) is 0 Å². The van der Waals surface area contributed by atoms with Crippen molar-refractivity contribution in [3.05, 3.63) is 22.2 Å². The molecule has 0 fully saturated rings. The molecule has 1 atom stereocenters. The van der Waals surface area contributed by atoms with Crippen molar-refractivity contribution < 1.29 is 19.0 Å². The Morgan fingerprint density at radius 3 is 2.52 bits per heavy atom. The summed E-state index contributed by atoms with van der Waals surface area (Å²) in [5, 5.41) is 2.74. The highest BCUT2D eigenvalue weighted by molar-refractivity contribution is 9.10. The zero-order chi connectivity index (χ0) is 15.1. The highest BCUT2D eigenvalue weighted by atomic mass is 79.9. The lowest BCUT2D eigenvalue weighted by molar-refractivity contribution is -0.123. The molecule has 0 saturated heterocycles. The van der Waals surface area contributed by atoms with Crippen LogP contribution in [-0.2, 0) is 16.1 Å². The van der Waals surface area contributed by atoms with Crippen molar-refractivity contribution in [2.45, 2.75) is 12.6 Å². The number of benzene rings is 1. The fraction of sp³-hybridized carbons (Fsp3) is 0.462. The minimum atomic E-state index is -0.677. The van der Waals surface area contributed by atoms with E-state index in [1.165, 1.54) is 7.11 Å². The van der Waals surface area contributed by atoms with Crippen LogP contribution < -0.4 is 20.5 Å². The Hall–Kier alpha value is -1.02. The normalized spacial score (nSPS) is 11.3. The molecular formula is C13H20BrClN2O4. The van der Waals surface area contributed by atoms with Crippen LogP contribution in [0.25, 0.3) is 0 Å². The lowest BCUT2D eigenvalue weighted by Crippen LogP contribution is -2.43. The van der Waals surface area contributed by atoms with Gasteiger partial charge in [0, 0.05) is 13.7 Å². The topological polar surface area (TPSA) is 82.8 Å². The van der Waals surface area contributed by atoms with Crippen LogP contribution in [0.2, 0.25) is 0 Å². The number of methoxy groups -OCH3 is 3. The molecule has 0 bridgehead atoms. The first-order valence-corrected chi connectivity index (χ1v) is 6.75. The Labute approximate surface area is 138 Å². The van der Waals surface area contributed by atoms with E-state index in [1.54, 1.807) is 20.3 Å². The maximum atomic E-state index is 11.7. The van der Waals surface area contributed by atoms with E-state index in [0.717, 1.165) is 10.0 Å². The molecule has 3 N–H and O–H groups in total. The number of hydrogen-bond acceptors (Lipinski definition) is 5. The van der Waals surface area contributed by atoms with E-state index >= 15 is 0 Å². The van der Waals surface area contributed by atoms with Gasteiger partial charge in [-0.15, -0.1) is 12.4 Å². The zero-order valence-electron chi connectivity index (χ0n) is 12.1. The summed E-state index contributed by atoms with van der Waals surface area (Å²) in [5.74, 6) is 0.934. The Balaban J connectivity index is 0.00000400. The number of ether oxygens (including phenoxy) is 3. The second-order valence-electron chi connectivity index (χ2n) is 4.09. The Morgan fingerprint density at radius 1 is 1.33 bits per heavy atom. The zero-order valence-corrected chi connectivity index (χ0v) is 14.5. The fourth-order valence-electron chi connectivity index (χ4n) is 1.65. The number of halogens is 2. The van der Waals surface area contributed by atoms with Crippen molar-refractivity contribution in [2.24, 2.45) is 5.73 Å². The van der Waals surface area contributed by atoms with Gasteiger partial charge < -0.3 is 25.3 Å². The highest BCUT2D eigenvalue weighted by Gasteiger charge is 2.14. The van der Waals surface area contributed by atoms with Gasteiger partial charge in [-0.2, -0.15) is 0 Å². The molecule has 21 heavy (non-hydrogen) atoms. The van der Waals surface area contributed by atoms with Crippen LogP contribution in [-0.4, -0.2) is 39.9 Å². The Morgan fingerprint density at radius 2 is 2.00 bits per heavy atom. The van der Waals surface area contributed by atoms with Gasteiger partial charge in [0.1, 0.15) is 6.04 Å². The molecule has 1 unspecified atom stereocenters. The van der Waals surface area contributed by atoms with Crippen LogP contribution in [0.1, 0.15) is 5.56 Å². The third-order valence-electron chi connectivity index (χ3n) is 2.64. The van der Waals surface area contributed by atoms with Gasteiger partial charge in [0.25, 0.3) is 0 Å². The molecule has 1 aromatic carbocycles. The minimum absolute atomic E-state index is 0. The third-order valence-corrected chi connectivity index (χ3v) is 3.23. The molecule has 0 spiro atoms. The van der Waals surface area contributed by atoms with Gasteiger partial charge in [0.2, 0.25) is 5.91 Å². The first-order chi connectivity index (χ1) is 9.53. The lowest BCUT2D eigenvalue weighted by atomic mass is 10.2. The number of amides is 1. The molecule has 0 radical (unpaired) electrons. The van der Waals surface area contributed by atoms with Crippen LogP contribution in [0.15, 0.2) is 16.6 Å². The van der Waals surface area contributed by atoms with Crippen LogP contribution in [0.3, 0.4) is 0 Å². The molecule has 0 saturated carbocycles. The Kier molecular flexibility index (Phi) is 9.36. The summed E-state index contributed by atoms with van der Waals surface area (Å²) in [4.78, 5) is 11.7.